The molecule has 0 aliphatic heterocycles. The standard InChI is InChI=1S/C15H16N2/c16-14-11-3-1-2-4-13(11)17-15-10-6-5-9(7-10)8-12(14)15/h1-4,9-10H,5-8H2,(H2,16,17). The van der Waals surface area contributed by atoms with Crippen LogP contribution in [0.4, 0.5) is 5.69 Å². The molecule has 2 bridgehead atoms. The quantitative estimate of drug-likeness (QED) is 0.746. The third-order valence-electron chi connectivity index (χ3n) is 4.49. The van der Waals surface area contributed by atoms with Gasteiger partial charge in [-0.3, -0.25) is 4.98 Å². The molecule has 2 aliphatic rings. The highest BCUT2D eigenvalue weighted by Gasteiger charge is 2.35. The third kappa shape index (κ3) is 1.24. The smallest absolute Gasteiger partial charge is 0.0726 e. The fraction of sp³-hybridized carbons (Fsp3) is 0.400. The van der Waals surface area contributed by atoms with Crippen LogP contribution < -0.4 is 5.73 Å². The summed E-state index contributed by atoms with van der Waals surface area (Å²) in [5.74, 6) is 1.54. The average Bonchev–Trinajstić information content (AvgIpc) is 2.75. The second-order valence-electron chi connectivity index (χ2n) is 5.49. The van der Waals surface area contributed by atoms with Crippen LogP contribution in [0, 0.1) is 5.92 Å². The number of rotatable bonds is 0. The molecule has 0 radical (unpaired) electrons. The zero-order chi connectivity index (χ0) is 11.4. The molecule has 1 saturated carbocycles. The van der Waals surface area contributed by atoms with Gasteiger partial charge in [0.15, 0.2) is 0 Å². The second kappa shape index (κ2) is 3.22. The molecule has 0 saturated heterocycles. The van der Waals surface area contributed by atoms with E-state index in [9.17, 15) is 0 Å². The Kier molecular flexibility index (Phi) is 1.79. The van der Waals surface area contributed by atoms with E-state index < -0.39 is 0 Å². The minimum atomic E-state index is 0.677. The Morgan fingerprint density at radius 1 is 1.18 bits per heavy atom. The molecule has 2 atom stereocenters. The molecular weight excluding hydrogens is 208 g/mol. The van der Waals surface area contributed by atoms with Crippen LogP contribution in [0.1, 0.15) is 36.4 Å². The van der Waals surface area contributed by atoms with Crippen molar-refractivity contribution in [3.05, 3.63) is 35.5 Å². The third-order valence-corrected chi connectivity index (χ3v) is 4.49. The van der Waals surface area contributed by atoms with Crippen LogP contribution >= 0.6 is 0 Å². The van der Waals surface area contributed by atoms with Gasteiger partial charge in [-0.15, -0.1) is 0 Å². The Labute approximate surface area is 101 Å². The number of anilines is 1. The number of nitrogens with zero attached hydrogens (tertiary/aromatic N) is 1. The Hall–Kier alpha value is -1.57. The van der Waals surface area contributed by atoms with E-state index in [1.54, 1.807) is 0 Å². The summed E-state index contributed by atoms with van der Waals surface area (Å²) >= 11 is 0. The maximum Gasteiger partial charge on any atom is 0.0726 e. The highest BCUT2D eigenvalue weighted by atomic mass is 14.8. The van der Waals surface area contributed by atoms with Crippen LogP contribution in [0.3, 0.4) is 0 Å². The van der Waals surface area contributed by atoms with E-state index >= 15 is 0 Å². The van der Waals surface area contributed by atoms with E-state index in [2.05, 4.69) is 12.1 Å². The first-order chi connectivity index (χ1) is 8.33. The van der Waals surface area contributed by atoms with Crippen molar-refractivity contribution in [3.63, 3.8) is 0 Å². The fourth-order valence-electron chi connectivity index (χ4n) is 3.65. The van der Waals surface area contributed by atoms with Gasteiger partial charge in [-0.1, -0.05) is 18.2 Å². The van der Waals surface area contributed by atoms with E-state index in [0.29, 0.717) is 5.92 Å². The lowest BCUT2D eigenvalue weighted by atomic mass is 9.85. The Bertz CT molecular complexity index is 603. The van der Waals surface area contributed by atoms with Crippen LogP contribution in [0.5, 0.6) is 0 Å². The van der Waals surface area contributed by atoms with Gasteiger partial charge in [0, 0.05) is 22.7 Å². The Morgan fingerprint density at radius 2 is 2.06 bits per heavy atom. The fourth-order valence-corrected chi connectivity index (χ4v) is 3.65. The summed E-state index contributed by atoms with van der Waals surface area (Å²) in [5.41, 5.74) is 11.1. The molecule has 2 aliphatic carbocycles. The molecule has 1 aromatic carbocycles. The van der Waals surface area contributed by atoms with Crippen molar-refractivity contribution in [2.75, 3.05) is 5.73 Å². The number of pyridine rings is 1. The van der Waals surface area contributed by atoms with E-state index in [0.717, 1.165) is 28.9 Å². The molecular formula is C15H16N2. The number of nitrogens with two attached hydrogens (primary N) is 1. The van der Waals surface area contributed by atoms with Gasteiger partial charge in [0.25, 0.3) is 0 Å². The molecule has 2 heteroatoms. The molecule has 1 heterocycles. The molecule has 4 rings (SSSR count). The van der Waals surface area contributed by atoms with Crippen LogP contribution in [0.15, 0.2) is 24.3 Å². The lowest BCUT2D eigenvalue weighted by molar-refractivity contribution is 0.505. The second-order valence-corrected chi connectivity index (χ2v) is 5.49. The van der Waals surface area contributed by atoms with Crippen molar-refractivity contribution in [2.45, 2.75) is 31.6 Å². The number of fused-ring (bicyclic) bond motifs is 5. The minimum absolute atomic E-state index is 0.677. The maximum atomic E-state index is 6.35. The number of hydrogen-bond donors (Lipinski definition) is 1. The number of para-hydroxylation sites is 1. The van der Waals surface area contributed by atoms with E-state index in [1.807, 2.05) is 12.1 Å². The van der Waals surface area contributed by atoms with Crippen molar-refractivity contribution in [1.82, 2.24) is 4.98 Å². The summed E-state index contributed by atoms with van der Waals surface area (Å²) in [4.78, 5) is 4.88. The largest absolute Gasteiger partial charge is 0.398 e. The predicted octanol–water partition coefficient (Wildman–Crippen LogP) is 3.26. The van der Waals surface area contributed by atoms with Crippen LogP contribution in [-0.2, 0) is 6.42 Å². The summed E-state index contributed by atoms with van der Waals surface area (Å²) in [6.07, 6.45) is 5.15. The van der Waals surface area contributed by atoms with Crippen molar-refractivity contribution < 1.29 is 0 Å². The topological polar surface area (TPSA) is 38.9 Å². The van der Waals surface area contributed by atoms with Crippen molar-refractivity contribution in [3.8, 4) is 0 Å². The monoisotopic (exact) mass is 224 g/mol. The molecule has 0 amide bonds. The molecule has 2 N–H and O–H groups in total. The zero-order valence-corrected chi connectivity index (χ0v) is 9.82. The van der Waals surface area contributed by atoms with Crippen molar-refractivity contribution in [2.24, 2.45) is 5.92 Å². The van der Waals surface area contributed by atoms with Gasteiger partial charge < -0.3 is 5.73 Å². The summed E-state index contributed by atoms with van der Waals surface area (Å²) in [6.45, 7) is 0. The predicted molar refractivity (Wildman–Crippen MR) is 69.9 cm³/mol. The molecule has 86 valence electrons. The number of nitrogen functional groups attached to an aromatic ring is 1. The van der Waals surface area contributed by atoms with Crippen LogP contribution in [0.2, 0.25) is 0 Å². The van der Waals surface area contributed by atoms with Crippen molar-refractivity contribution >= 4 is 16.6 Å². The van der Waals surface area contributed by atoms with Gasteiger partial charge in [-0.25, -0.2) is 0 Å². The van der Waals surface area contributed by atoms with Gasteiger partial charge in [0.2, 0.25) is 0 Å². The summed E-state index contributed by atoms with van der Waals surface area (Å²) in [5, 5.41) is 1.13. The minimum Gasteiger partial charge on any atom is -0.398 e. The summed E-state index contributed by atoms with van der Waals surface area (Å²) in [7, 11) is 0. The molecule has 17 heavy (non-hydrogen) atoms. The lowest BCUT2D eigenvalue weighted by Crippen LogP contribution is -2.15. The Morgan fingerprint density at radius 3 is 3.00 bits per heavy atom. The first-order valence-electron chi connectivity index (χ1n) is 6.50. The number of hydrogen-bond acceptors (Lipinski definition) is 2. The van der Waals surface area contributed by atoms with E-state index in [-0.39, 0.29) is 0 Å². The highest BCUT2D eigenvalue weighted by Crippen LogP contribution is 2.47. The van der Waals surface area contributed by atoms with Gasteiger partial charge in [-0.2, -0.15) is 0 Å². The van der Waals surface area contributed by atoms with Crippen molar-refractivity contribution in [1.29, 1.82) is 0 Å². The maximum absolute atomic E-state index is 6.35. The molecule has 0 spiro atoms. The normalized spacial score (nSPS) is 26.1. The molecule has 2 aromatic rings. The first kappa shape index (κ1) is 9.46. The molecule has 2 unspecified atom stereocenters. The van der Waals surface area contributed by atoms with E-state index in [1.165, 1.54) is 30.5 Å². The Balaban J connectivity index is 2.05. The molecule has 2 nitrogen and oxygen atoms in total. The highest BCUT2D eigenvalue weighted by molar-refractivity contribution is 5.92. The SMILES string of the molecule is Nc1c2c(nc3ccccc13)C1CCC(C2)C1. The number of aromatic nitrogens is 1. The lowest BCUT2D eigenvalue weighted by Gasteiger charge is -2.24. The van der Waals surface area contributed by atoms with E-state index in [4.69, 9.17) is 10.7 Å². The number of benzene rings is 1. The van der Waals surface area contributed by atoms with Gasteiger partial charge >= 0.3 is 0 Å². The van der Waals surface area contributed by atoms with Gasteiger partial charge in [0.05, 0.1) is 5.52 Å². The van der Waals surface area contributed by atoms with Gasteiger partial charge in [-0.05, 0) is 43.2 Å². The first-order valence-corrected chi connectivity index (χ1v) is 6.50. The summed E-state index contributed by atoms with van der Waals surface area (Å²) < 4.78 is 0. The van der Waals surface area contributed by atoms with Gasteiger partial charge in [0.1, 0.15) is 0 Å². The zero-order valence-electron chi connectivity index (χ0n) is 9.82. The average molecular weight is 224 g/mol. The molecule has 1 fully saturated rings. The van der Waals surface area contributed by atoms with Crippen LogP contribution in [0.25, 0.3) is 10.9 Å². The molecule has 1 aromatic heterocycles. The van der Waals surface area contributed by atoms with Crippen LogP contribution in [-0.4, -0.2) is 4.98 Å². The summed E-state index contributed by atoms with van der Waals surface area (Å²) in [6, 6.07) is 8.26.